The summed E-state index contributed by atoms with van der Waals surface area (Å²) in [7, 11) is 3.85. The van der Waals surface area contributed by atoms with Crippen LogP contribution in [0.5, 0.6) is 0 Å². The van der Waals surface area contributed by atoms with Gasteiger partial charge in [0.25, 0.3) is 0 Å². The van der Waals surface area contributed by atoms with Crippen molar-refractivity contribution < 1.29 is 4.74 Å². The van der Waals surface area contributed by atoms with Crippen molar-refractivity contribution in [2.45, 2.75) is 38.3 Å². The van der Waals surface area contributed by atoms with Crippen LogP contribution in [0.1, 0.15) is 24.1 Å². The molecule has 0 aliphatic carbocycles. The molecule has 0 bridgehead atoms. The van der Waals surface area contributed by atoms with Crippen LogP contribution in [0.3, 0.4) is 0 Å². The Morgan fingerprint density at radius 2 is 2.41 bits per heavy atom. The Morgan fingerprint density at radius 3 is 2.88 bits per heavy atom. The number of likely N-dealkylation sites (N-methyl/N-ethyl adjacent to an activating group) is 1. The molecule has 0 amide bonds. The summed E-state index contributed by atoms with van der Waals surface area (Å²) >= 11 is 6.25. The second kappa shape index (κ2) is 5.38. The molecule has 17 heavy (non-hydrogen) atoms. The van der Waals surface area contributed by atoms with Crippen molar-refractivity contribution in [2.24, 2.45) is 7.05 Å². The predicted molar refractivity (Wildman–Crippen MR) is 68.5 cm³/mol. The van der Waals surface area contributed by atoms with Gasteiger partial charge in [-0.3, -0.25) is 4.68 Å². The first-order valence-corrected chi connectivity index (χ1v) is 6.48. The van der Waals surface area contributed by atoms with Gasteiger partial charge in [-0.1, -0.05) is 11.6 Å². The molecular formula is C12H20ClN3O. The molecule has 2 heterocycles. The fraction of sp³-hybridized carbons (Fsp3) is 0.750. The Labute approximate surface area is 107 Å². The summed E-state index contributed by atoms with van der Waals surface area (Å²) in [5.41, 5.74) is 2.14. The van der Waals surface area contributed by atoms with Crippen molar-refractivity contribution in [3.05, 3.63) is 16.4 Å². The van der Waals surface area contributed by atoms with Crippen LogP contribution in [-0.4, -0.2) is 35.6 Å². The molecule has 1 aromatic heterocycles. The van der Waals surface area contributed by atoms with Crippen molar-refractivity contribution >= 4 is 11.6 Å². The van der Waals surface area contributed by atoms with Gasteiger partial charge < -0.3 is 10.1 Å². The highest BCUT2D eigenvalue weighted by Crippen LogP contribution is 2.24. The van der Waals surface area contributed by atoms with E-state index in [1.165, 1.54) is 0 Å². The van der Waals surface area contributed by atoms with E-state index in [2.05, 4.69) is 10.4 Å². The lowest BCUT2D eigenvalue weighted by Gasteiger charge is -2.22. The summed E-state index contributed by atoms with van der Waals surface area (Å²) in [6.45, 7) is 2.88. The third kappa shape index (κ3) is 2.64. The Bertz CT molecular complexity index is 385. The van der Waals surface area contributed by atoms with Crippen molar-refractivity contribution in [1.29, 1.82) is 0 Å². The summed E-state index contributed by atoms with van der Waals surface area (Å²) in [5, 5.41) is 8.41. The number of halogens is 1. The summed E-state index contributed by atoms with van der Waals surface area (Å²) in [5.74, 6) is 0. The van der Waals surface area contributed by atoms with Gasteiger partial charge in [0.05, 0.1) is 11.8 Å². The second-order valence-corrected chi connectivity index (χ2v) is 4.99. The zero-order valence-corrected chi connectivity index (χ0v) is 11.4. The Hall–Kier alpha value is -0.580. The van der Waals surface area contributed by atoms with Crippen molar-refractivity contribution in [1.82, 2.24) is 15.1 Å². The molecule has 5 heteroatoms. The van der Waals surface area contributed by atoms with E-state index >= 15 is 0 Å². The number of ether oxygens (including phenoxy) is 1. The number of nitrogens with one attached hydrogen (secondary N) is 1. The average Bonchev–Trinajstić information content (AvgIpc) is 2.89. The molecule has 4 nitrogen and oxygen atoms in total. The molecule has 2 unspecified atom stereocenters. The van der Waals surface area contributed by atoms with Crippen LogP contribution < -0.4 is 5.32 Å². The largest absolute Gasteiger partial charge is 0.377 e. The third-order valence-electron chi connectivity index (χ3n) is 3.48. The lowest BCUT2D eigenvalue weighted by atomic mass is 10.00. The van der Waals surface area contributed by atoms with Crippen molar-refractivity contribution in [2.75, 3.05) is 13.7 Å². The van der Waals surface area contributed by atoms with E-state index < -0.39 is 0 Å². The average molecular weight is 258 g/mol. The number of rotatable bonds is 4. The normalized spacial score (nSPS) is 22.0. The van der Waals surface area contributed by atoms with Crippen LogP contribution in [0.25, 0.3) is 0 Å². The molecule has 96 valence electrons. The minimum atomic E-state index is 0.302. The molecule has 1 aliphatic heterocycles. The monoisotopic (exact) mass is 257 g/mol. The Balaban J connectivity index is 2.12. The molecule has 0 radical (unpaired) electrons. The molecule has 2 rings (SSSR count). The summed E-state index contributed by atoms with van der Waals surface area (Å²) < 4.78 is 7.46. The first-order valence-electron chi connectivity index (χ1n) is 6.10. The maximum atomic E-state index is 6.25. The maximum Gasteiger partial charge on any atom is 0.130 e. The molecule has 2 atom stereocenters. The molecule has 1 saturated heterocycles. The lowest BCUT2D eigenvalue weighted by molar-refractivity contribution is 0.0808. The van der Waals surface area contributed by atoms with Gasteiger partial charge >= 0.3 is 0 Å². The number of aromatic nitrogens is 2. The van der Waals surface area contributed by atoms with E-state index in [9.17, 15) is 0 Å². The highest BCUT2D eigenvalue weighted by molar-refractivity contribution is 6.30. The van der Waals surface area contributed by atoms with E-state index in [4.69, 9.17) is 16.3 Å². The maximum absolute atomic E-state index is 6.25. The van der Waals surface area contributed by atoms with Crippen LogP contribution in [0.2, 0.25) is 5.15 Å². The molecule has 0 spiro atoms. The fourth-order valence-corrected chi connectivity index (χ4v) is 2.72. The van der Waals surface area contributed by atoms with E-state index in [-0.39, 0.29) is 0 Å². The summed E-state index contributed by atoms with van der Waals surface area (Å²) in [4.78, 5) is 0. The molecule has 1 aromatic rings. The van der Waals surface area contributed by atoms with Crippen LogP contribution >= 0.6 is 11.6 Å². The molecule has 1 N–H and O–H groups in total. The minimum absolute atomic E-state index is 0.302. The van der Waals surface area contributed by atoms with Gasteiger partial charge in [0, 0.05) is 25.3 Å². The van der Waals surface area contributed by atoms with Crippen molar-refractivity contribution in [3.63, 3.8) is 0 Å². The van der Waals surface area contributed by atoms with E-state index in [0.717, 1.165) is 42.3 Å². The standard InChI is InChI=1S/C12H20ClN3O/c1-8-9(12(13)16(3)15-8)7-10(14-2)11-5-4-6-17-11/h10-11,14H,4-7H2,1-3H3. The SMILES string of the molecule is CNC(Cc1c(C)nn(C)c1Cl)C1CCCO1. The van der Waals surface area contributed by atoms with E-state index in [1.807, 2.05) is 21.0 Å². The quantitative estimate of drug-likeness (QED) is 0.892. The van der Waals surface area contributed by atoms with Gasteiger partial charge in [-0.2, -0.15) is 5.10 Å². The highest BCUT2D eigenvalue weighted by Gasteiger charge is 2.26. The fourth-order valence-electron chi connectivity index (χ4n) is 2.46. The van der Waals surface area contributed by atoms with E-state index in [0.29, 0.717) is 12.1 Å². The Morgan fingerprint density at radius 1 is 1.65 bits per heavy atom. The van der Waals surface area contributed by atoms with Gasteiger partial charge in [0.1, 0.15) is 5.15 Å². The predicted octanol–water partition coefficient (Wildman–Crippen LogP) is 1.69. The highest BCUT2D eigenvalue weighted by atomic mass is 35.5. The van der Waals surface area contributed by atoms with Gasteiger partial charge in [0.15, 0.2) is 0 Å². The Kier molecular flexibility index (Phi) is 4.07. The van der Waals surface area contributed by atoms with Gasteiger partial charge in [-0.25, -0.2) is 0 Å². The van der Waals surface area contributed by atoms with E-state index in [1.54, 1.807) is 4.68 Å². The number of nitrogens with zero attached hydrogens (tertiary/aromatic N) is 2. The van der Waals surface area contributed by atoms with Gasteiger partial charge in [-0.15, -0.1) is 0 Å². The summed E-state index contributed by atoms with van der Waals surface area (Å²) in [6.07, 6.45) is 3.46. The van der Waals surface area contributed by atoms with Gasteiger partial charge in [-0.05, 0) is 33.2 Å². The zero-order chi connectivity index (χ0) is 12.4. The van der Waals surface area contributed by atoms with Crippen molar-refractivity contribution in [3.8, 4) is 0 Å². The minimum Gasteiger partial charge on any atom is -0.377 e. The van der Waals surface area contributed by atoms with Crippen LogP contribution in [0, 0.1) is 6.92 Å². The number of hydrogen-bond donors (Lipinski definition) is 1. The number of aryl methyl sites for hydroxylation is 2. The van der Waals surface area contributed by atoms with Gasteiger partial charge in [0.2, 0.25) is 0 Å². The third-order valence-corrected chi connectivity index (χ3v) is 3.95. The first kappa shape index (κ1) is 12.9. The lowest BCUT2D eigenvalue weighted by Crippen LogP contribution is -2.39. The zero-order valence-electron chi connectivity index (χ0n) is 10.7. The topological polar surface area (TPSA) is 39.1 Å². The second-order valence-electron chi connectivity index (χ2n) is 4.63. The van der Waals surface area contributed by atoms with Crippen LogP contribution in [0.15, 0.2) is 0 Å². The number of hydrogen-bond acceptors (Lipinski definition) is 3. The molecule has 1 fully saturated rings. The molecule has 0 aromatic carbocycles. The van der Waals surface area contributed by atoms with Crippen LogP contribution in [-0.2, 0) is 18.2 Å². The molecule has 0 saturated carbocycles. The van der Waals surface area contributed by atoms with Crippen LogP contribution in [0.4, 0.5) is 0 Å². The molecule has 1 aliphatic rings. The smallest absolute Gasteiger partial charge is 0.130 e. The first-order chi connectivity index (χ1) is 8.13. The summed E-state index contributed by atoms with van der Waals surface area (Å²) in [6, 6.07) is 0.317. The molecular weight excluding hydrogens is 238 g/mol.